The molecular formula is C10H13NO4S. The van der Waals surface area contributed by atoms with Crippen LogP contribution in [0.4, 0.5) is 0 Å². The van der Waals surface area contributed by atoms with Crippen LogP contribution in [0.5, 0.6) is 5.88 Å². The molecule has 0 amide bonds. The van der Waals surface area contributed by atoms with Crippen molar-refractivity contribution in [2.24, 2.45) is 0 Å². The molecular weight excluding hydrogens is 230 g/mol. The smallest absolute Gasteiger partial charge is 0.347 e. The SMILES string of the molecule is CS(=O)c1ccc(OC(C)(C)C(=O)O)nc1. The zero-order chi connectivity index (χ0) is 12.3. The molecule has 88 valence electrons. The molecule has 0 aromatic carbocycles. The van der Waals surface area contributed by atoms with Gasteiger partial charge in [-0.15, -0.1) is 0 Å². The molecule has 0 spiro atoms. The van der Waals surface area contributed by atoms with Gasteiger partial charge in [-0.2, -0.15) is 0 Å². The van der Waals surface area contributed by atoms with E-state index in [2.05, 4.69) is 4.98 Å². The average molecular weight is 243 g/mol. The van der Waals surface area contributed by atoms with Crippen molar-refractivity contribution in [2.75, 3.05) is 6.26 Å². The van der Waals surface area contributed by atoms with Crippen LogP contribution in [0.25, 0.3) is 0 Å². The van der Waals surface area contributed by atoms with Crippen LogP contribution >= 0.6 is 0 Å². The quantitative estimate of drug-likeness (QED) is 0.855. The Hall–Kier alpha value is -1.43. The Morgan fingerprint density at radius 1 is 1.50 bits per heavy atom. The third-order valence-electron chi connectivity index (χ3n) is 1.92. The van der Waals surface area contributed by atoms with E-state index in [-0.39, 0.29) is 5.88 Å². The van der Waals surface area contributed by atoms with Crippen LogP contribution in [-0.4, -0.2) is 32.1 Å². The van der Waals surface area contributed by atoms with E-state index in [1.807, 2.05) is 0 Å². The number of aromatic nitrogens is 1. The van der Waals surface area contributed by atoms with Crippen LogP contribution in [0.1, 0.15) is 13.8 Å². The lowest BCUT2D eigenvalue weighted by atomic mass is 10.1. The summed E-state index contributed by atoms with van der Waals surface area (Å²) in [5, 5.41) is 8.84. The van der Waals surface area contributed by atoms with Crippen molar-refractivity contribution in [3.8, 4) is 5.88 Å². The van der Waals surface area contributed by atoms with Gasteiger partial charge in [-0.05, 0) is 19.9 Å². The summed E-state index contributed by atoms with van der Waals surface area (Å²) < 4.78 is 16.3. The summed E-state index contributed by atoms with van der Waals surface area (Å²) in [5.41, 5.74) is -1.33. The van der Waals surface area contributed by atoms with Crippen molar-refractivity contribution in [1.29, 1.82) is 0 Å². The minimum atomic E-state index is -1.33. The van der Waals surface area contributed by atoms with E-state index in [0.29, 0.717) is 4.90 Å². The molecule has 0 bridgehead atoms. The van der Waals surface area contributed by atoms with Gasteiger partial charge in [-0.1, -0.05) is 0 Å². The molecule has 1 N–H and O–H groups in total. The lowest BCUT2D eigenvalue weighted by Crippen LogP contribution is -2.38. The fraction of sp³-hybridized carbons (Fsp3) is 0.400. The fourth-order valence-corrected chi connectivity index (χ4v) is 1.36. The summed E-state index contributed by atoms with van der Waals surface area (Å²) in [7, 11) is -1.10. The topological polar surface area (TPSA) is 76.5 Å². The van der Waals surface area contributed by atoms with E-state index in [0.717, 1.165) is 0 Å². The van der Waals surface area contributed by atoms with Crippen molar-refractivity contribution in [3.05, 3.63) is 18.3 Å². The van der Waals surface area contributed by atoms with Crippen molar-refractivity contribution in [2.45, 2.75) is 24.3 Å². The summed E-state index contributed by atoms with van der Waals surface area (Å²) in [6.07, 6.45) is 2.95. The van der Waals surface area contributed by atoms with Gasteiger partial charge >= 0.3 is 5.97 Å². The second-order valence-corrected chi connectivity index (χ2v) is 5.08. The number of ether oxygens (including phenoxy) is 1. The number of hydrogen-bond donors (Lipinski definition) is 1. The lowest BCUT2D eigenvalue weighted by molar-refractivity contribution is -0.152. The molecule has 1 aromatic heterocycles. The van der Waals surface area contributed by atoms with Crippen LogP contribution in [0.3, 0.4) is 0 Å². The second kappa shape index (κ2) is 4.61. The molecule has 1 heterocycles. The zero-order valence-electron chi connectivity index (χ0n) is 9.26. The van der Waals surface area contributed by atoms with Gasteiger partial charge in [0, 0.05) is 18.5 Å². The van der Waals surface area contributed by atoms with Crippen molar-refractivity contribution in [3.63, 3.8) is 0 Å². The molecule has 6 heteroatoms. The first kappa shape index (κ1) is 12.6. The summed E-state index contributed by atoms with van der Waals surface area (Å²) in [6, 6.07) is 3.10. The van der Waals surface area contributed by atoms with E-state index < -0.39 is 22.4 Å². The summed E-state index contributed by atoms with van der Waals surface area (Å²) in [5.74, 6) is -0.876. The highest BCUT2D eigenvalue weighted by atomic mass is 32.2. The van der Waals surface area contributed by atoms with Crippen LogP contribution < -0.4 is 4.74 Å². The molecule has 0 aliphatic carbocycles. The Balaban J connectivity index is 2.84. The number of carboxylic acids is 1. The minimum absolute atomic E-state index is 0.196. The van der Waals surface area contributed by atoms with Gasteiger partial charge in [-0.3, -0.25) is 4.21 Å². The highest BCUT2D eigenvalue weighted by Crippen LogP contribution is 2.17. The van der Waals surface area contributed by atoms with Crippen molar-refractivity contribution < 1.29 is 18.8 Å². The molecule has 1 unspecified atom stereocenters. The maximum Gasteiger partial charge on any atom is 0.347 e. The first-order valence-corrected chi connectivity index (χ1v) is 6.10. The van der Waals surface area contributed by atoms with Gasteiger partial charge in [-0.25, -0.2) is 9.78 Å². The number of nitrogens with zero attached hydrogens (tertiary/aromatic N) is 1. The molecule has 0 fully saturated rings. The fourth-order valence-electron chi connectivity index (χ4n) is 0.902. The maximum absolute atomic E-state index is 11.1. The number of carbonyl (C=O) groups is 1. The Morgan fingerprint density at radius 3 is 2.50 bits per heavy atom. The van der Waals surface area contributed by atoms with E-state index in [9.17, 15) is 9.00 Å². The Morgan fingerprint density at radius 2 is 2.12 bits per heavy atom. The molecule has 16 heavy (non-hydrogen) atoms. The summed E-state index contributed by atoms with van der Waals surface area (Å²) >= 11 is 0. The monoisotopic (exact) mass is 243 g/mol. The largest absolute Gasteiger partial charge is 0.478 e. The third kappa shape index (κ3) is 3.03. The van der Waals surface area contributed by atoms with Gasteiger partial charge in [0.25, 0.3) is 0 Å². The van der Waals surface area contributed by atoms with Crippen LogP contribution in [0, 0.1) is 0 Å². The number of rotatable bonds is 4. The van der Waals surface area contributed by atoms with E-state index >= 15 is 0 Å². The Bertz CT molecular complexity index is 413. The third-order valence-corrected chi connectivity index (χ3v) is 2.82. The standard InChI is InChI=1S/C10H13NO4S/c1-10(2,9(12)13)15-8-5-4-7(6-11-8)16(3)14/h4-6H,1-3H3,(H,12,13). The van der Waals surface area contributed by atoms with Gasteiger partial charge in [0.1, 0.15) is 0 Å². The molecule has 0 aliphatic rings. The molecule has 0 saturated heterocycles. The average Bonchev–Trinajstić information content (AvgIpc) is 2.17. The first-order chi connectivity index (χ1) is 7.33. The Labute approximate surface area is 95.9 Å². The zero-order valence-corrected chi connectivity index (χ0v) is 10.1. The molecule has 5 nitrogen and oxygen atoms in total. The van der Waals surface area contributed by atoms with Crippen molar-refractivity contribution in [1.82, 2.24) is 4.98 Å². The molecule has 0 saturated carbocycles. The van der Waals surface area contributed by atoms with Crippen LogP contribution in [0.15, 0.2) is 23.2 Å². The first-order valence-electron chi connectivity index (χ1n) is 4.55. The summed E-state index contributed by atoms with van der Waals surface area (Å²) in [4.78, 5) is 15.3. The lowest BCUT2D eigenvalue weighted by Gasteiger charge is -2.20. The van der Waals surface area contributed by atoms with Gasteiger partial charge < -0.3 is 9.84 Å². The van der Waals surface area contributed by atoms with E-state index in [4.69, 9.17) is 9.84 Å². The number of hydrogen-bond acceptors (Lipinski definition) is 4. The molecule has 1 aromatic rings. The summed E-state index contributed by atoms with van der Waals surface area (Å²) in [6.45, 7) is 2.87. The molecule has 0 aliphatic heterocycles. The highest BCUT2D eigenvalue weighted by Gasteiger charge is 2.29. The van der Waals surface area contributed by atoms with E-state index in [1.165, 1.54) is 26.1 Å². The second-order valence-electron chi connectivity index (χ2n) is 3.70. The predicted octanol–water partition coefficient (Wildman–Crippen LogP) is 1.06. The Kier molecular flexibility index (Phi) is 3.64. The maximum atomic E-state index is 11.1. The molecule has 0 radical (unpaired) electrons. The number of carboxylic acid groups (broad SMARTS) is 1. The van der Waals surface area contributed by atoms with Crippen LogP contribution in [0.2, 0.25) is 0 Å². The highest BCUT2D eigenvalue weighted by molar-refractivity contribution is 7.84. The van der Waals surface area contributed by atoms with Gasteiger partial charge in [0.2, 0.25) is 11.5 Å². The van der Waals surface area contributed by atoms with E-state index in [1.54, 1.807) is 12.3 Å². The van der Waals surface area contributed by atoms with Crippen molar-refractivity contribution >= 4 is 16.8 Å². The normalized spacial score (nSPS) is 13.2. The van der Waals surface area contributed by atoms with Gasteiger partial charge in [0.15, 0.2) is 0 Å². The minimum Gasteiger partial charge on any atom is -0.478 e. The molecule has 1 rings (SSSR count). The number of pyridine rings is 1. The van der Waals surface area contributed by atoms with Crippen LogP contribution in [-0.2, 0) is 15.6 Å². The molecule has 1 atom stereocenters. The van der Waals surface area contributed by atoms with Gasteiger partial charge in [0.05, 0.1) is 15.7 Å². The number of aliphatic carboxylic acids is 1. The predicted molar refractivity (Wildman–Crippen MR) is 58.9 cm³/mol.